The van der Waals surface area contributed by atoms with Crippen LogP contribution in [0.4, 0.5) is 0 Å². The number of ether oxygens (including phenoxy) is 1. The van der Waals surface area contributed by atoms with E-state index in [9.17, 15) is 8.42 Å². The smallest absolute Gasteiger partial charge is 0.215 e. The summed E-state index contributed by atoms with van der Waals surface area (Å²) in [6.45, 7) is 0.499. The highest BCUT2D eigenvalue weighted by molar-refractivity contribution is 7.91. The standard InChI is InChI=1S/C12H16N4O3S/c1-19-11-3-2-9-12(16-11)15-10(14-9)6-13-8-4-5-20(17,18)7-8/h2-3,8,13H,4-7H2,1H3,(H,14,15,16). The molecule has 1 aliphatic heterocycles. The zero-order valence-electron chi connectivity index (χ0n) is 11.1. The number of sulfone groups is 1. The molecule has 0 aromatic carbocycles. The van der Waals surface area contributed by atoms with E-state index in [1.165, 1.54) is 0 Å². The van der Waals surface area contributed by atoms with Crippen molar-refractivity contribution in [3.05, 3.63) is 18.0 Å². The molecule has 2 N–H and O–H groups in total. The minimum Gasteiger partial charge on any atom is -0.481 e. The molecule has 3 rings (SSSR count). The summed E-state index contributed by atoms with van der Waals surface area (Å²) in [4.78, 5) is 11.7. The Balaban J connectivity index is 1.69. The molecule has 0 saturated carbocycles. The SMILES string of the molecule is COc1ccc2[nH]c(CNC3CCS(=O)(=O)C3)nc2n1. The second-order valence-electron chi connectivity index (χ2n) is 4.89. The molecule has 20 heavy (non-hydrogen) atoms. The molecule has 8 heteroatoms. The Bertz CT molecular complexity index is 725. The first-order chi connectivity index (χ1) is 9.55. The predicted molar refractivity (Wildman–Crippen MR) is 74.3 cm³/mol. The molecule has 1 saturated heterocycles. The number of hydrogen-bond donors (Lipinski definition) is 2. The summed E-state index contributed by atoms with van der Waals surface area (Å²) >= 11 is 0. The van der Waals surface area contributed by atoms with Crippen LogP contribution in [0.15, 0.2) is 12.1 Å². The molecule has 0 aliphatic carbocycles. The molecule has 2 aromatic rings. The number of imidazole rings is 1. The van der Waals surface area contributed by atoms with Crippen LogP contribution in [0, 0.1) is 0 Å². The van der Waals surface area contributed by atoms with E-state index in [-0.39, 0.29) is 17.5 Å². The van der Waals surface area contributed by atoms with Gasteiger partial charge in [0.15, 0.2) is 15.5 Å². The topological polar surface area (TPSA) is 97.0 Å². The quantitative estimate of drug-likeness (QED) is 0.839. The van der Waals surface area contributed by atoms with Gasteiger partial charge >= 0.3 is 0 Å². The summed E-state index contributed by atoms with van der Waals surface area (Å²) in [5.41, 5.74) is 1.43. The van der Waals surface area contributed by atoms with Crippen molar-refractivity contribution in [2.45, 2.75) is 19.0 Å². The van der Waals surface area contributed by atoms with E-state index in [1.807, 2.05) is 6.07 Å². The molecule has 1 aliphatic rings. The zero-order chi connectivity index (χ0) is 14.2. The molecule has 0 bridgehead atoms. The minimum atomic E-state index is -2.86. The van der Waals surface area contributed by atoms with Gasteiger partial charge in [-0.15, -0.1) is 0 Å². The molecule has 2 aromatic heterocycles. The molecule has 1 atom stereocenters. The lowest BCUT2D eigenvalue weighted by Gasteiger charge is -2.08. The molecule has 108 valence electrons. The van der Waals surface area contributed by atoms with Crippen molar-refractivity contribution in [1.29, 1.82) is 0 Å². The lowest BCUT2D eigenvalue weighted by Crippen LogP contribution is -2.29. The zero-order valence-corrected chi connectivity index (χ0v) is 11.9. The number of pyridine rings is 1. The summed E-state index contributed by atoms with van der Waals surface area (Å²) in [6, 6.07) is 3.63. The highest BCUT2D eigenvalue weighted by Crippen LogP contribution is 2.15. The van der Waals surface area contributed by atoms with Crippen molar-refractivity contribution in [3.8, 4) is 5.88 Å². The number of nitrogens with zero attached hydrogens (tertiary/aromatic N) is 2. The highest BCUT2D eigenvalue weighted by atomic mass is 32.2. The van der Waals surface area contributed by atoms with Crippen molar-refractivity contribution in [2.75, 3.05) is 18.6 Å². The number of H-pyrrole nitrogens is 1. The molecule has 3 heterocycles. The molecule has 0 spiro atoms. The van der Waals surface area contributed by atoms with Crippen LogP contribution >= 0.6 is 0 Å². The number of aromatic nitrogens is 3. The Morgan fingerprint density at radius 1 is 1.45 bits per heavy atom. The van der Waals surface area contributed by atoms with Crippen LogP contribution in [-0.4, -0.2) is 48.0 Å². The number of rotatable bonds is 4. The summed E-state index contributed by atoms with van der Waals surface area (Å²) in [6.07, 6.45) is 0.661. The van der Waals surface area contributed by atoms with Crippen molar-refractivity contribution in [3.63, 3.8) is 0 Å². The van der Waals surface area contributed by atoms with Crippen LogP contribution < -0.4 is 10.1 Å². The van der Waals surface area contributed by atoms with E-state index in [4.69, 9.17) is 4.74 Å². The van der Waals surface area contributed by atoms with Crippen LogP contribution in [0.3, 0.4) is 0 Å². The lowest BCUT2D eigenvalue weighted by atomic mass is 10.2. The van der Waals surface area contributed by atoms with Crippen LogP contribution in [0.1, 0.15) is 12.2 Å². The molecule has 1 fully saturated rings. The Labute approximate surface area is 116 Å². The van der Waals surface area contributed by atoms with E-state index in [1.54, 1.807) is 13.2 Å². The first-order valence-electron chi connectivity index (χ1n) is 6.39. The van der Waals surface area contributed by atoms with Crippen LogP contribution in [0.5, 0.6) is 5.88 Å². The first kappa shape index (κ1) is 13.3. The van der Waals surface area contributed by atoms with Gasteiger partial charge in [0, 0.05) is 12.1 Å². The number of aromatic amines is 1. The average Bonchev–Trinajstić information content (AvgIpc) is 2.98. The Hall–Kier alpha value is -1.67. The van der Waals surface area contributed by atoms with Crippen LogP contribution in [-0.2, 0) is 16.4 Å². The molecule has 0 amide bonds. The predicted octanol–water partition coefficient (Wildman–Crippen LogP) is 0.243. The van der Waals surface area contributed by atoms with E-state index < -0.39 is 9.84 Å². The minimum absolute atomic E-state index is 0.00991. The summed E-state index contributed by atoms with van der Waals surface area (Å²) < 4.78 is 27.8. The molecule has 7 nitrogen and oxygen atoms in total. The fraction of sp³-hybridized carbons (Fsp3) is 0.500. The third kappa shape index (κ3) is 2.75. The first-order valence-corrected chi connectivity index (χ1v) is 8.21. The van der Waals surface area contributed by atoms with Gasteiger partial charge in [-0.1, -0.05) is 0 Å². The maximum atomic E-state index is 11.4. The molecular formula is C12H16N4O3S. The lowest BCUT2D eigenvalue weighted by molar-refractivity contribution is 0.399. The van der Waals surface area contributed by atoms with Gasteiger partial charge in [-0.25, -0.2) is 13.4 Å². The van der Waals surface area contributed by atoms with E-state index in [0.29, 0.717) is 24.5 Å². The summed E-state index contributed by atoms with van der Waals surface area (Å²) in [7, 11) is -1.30. The van der Waals surface area contributed by atoms with Crippen molar-refractivity contribution < 1.29 is 13.2 Å². The van der Waals surface area contributed by atoms with Crippen molar-refractivity contribution >= 4 is 21.0 Å². The van der Waals surface area contributed by atoms with Crippen molar-refractivity contribution in [2.24, 2.45) is 0 Å². The van der Waals surface area contributed by atoms with Gasteiger partial charge in [-0.3, -0.25) is 0 Å². The van der Waals surface area contributed by atoms with Crippen LogP contribution in [0.2, 0.25) is 0 Å². The molecule has 1 unspecified atom stereocenters. The van der Waals surface area contributed by atoms with Gasteiger partial charge in [0.1, 0.15) is 5.82 Å². The fourth-order valence-corrected chi connectivity index (χ4v) is 4.03. The van der Waals surface area contributed by atoms with Gasteiger partial charge in [-0.05, 0) is 12.5 Å². The van der Waals surface area contributed by atoms with Gasteiger partial charge < -0.3 is 15.0 Å². The number of nitrogens with one attached hydrogen (secondary N) is 2. The van der Waals surface area contributed by atoms with Gasteiger partial charge in [0.25, 0.3) is 0 Å². The summed E-state index contributed by atoms with van der Waals surface area (Å²) in [5.74, 6) is 1.73. The maximum Gasteiger partial charge on any atom is 0.215 e. The normalized spacial score (nSPS) is 21.4. The van der Waals surface area contributed by atoms with E-state index in [0.717, 1.165) is 11.3 Å². The average molecular weight is 296 g/mol. The number of hydrogen-bond acceptors (Lipinski definition) is 6. The van der Waals surface area contributed by atoms with E-state index in [2.05, 4.69) is 20.3 Å². The number of methoxy groups -OCH3 is 1. The monoisotopic (exact) mass is 296 g/mol. The van der Waals surface area contributed by atoms with E-state index >= 15 is 0 Å². The Morgan fingerprint density at radius 3 is 3.00 bits per heavy atom. The fourth-order valence-electron chi connectivity index (χ4n) is 2.32. The maximum absolute atomic E-state index is 11.4. The second-order valence-corrected chi connectivity index (χ2v) is 7.12. The third-order valence-electron chi connectivity index (χ3n) is 3.37. The third-order valence-corrected chi connectivity index (χ3v) is 5.14. The van der Waals surface area contributed by atoms with Crippen molar-refractivity contribution in [1.82, 2.24) is 20.3 Å². The Kier molecular flexibility index (Phi) is 3.35. The largest absolute Gasteiger partial charge is 0.481 e. The number of fused-ring (bicyclic) bond motifs is 1. The molecule has 0 radical (unpaired) electrons. The second kappa shape index (κ2) is 5.02. The Morgan fingerprint density at radius 2 is 2.30 bits per heavy atom. The van der Waals surface area contributed by atoms with Gasteiger partial charge in [0.05, 0.1) is 30.7 Å². The van der Waals surface area contributed by atoms with Crippen LogP contribution in [0.25, 0.3) is 11.2 Å². The highest BCUT2D eigenvalue weighted by Gasteiger charge is 2.27. The summed E-state index contributed by atoms with van der Waals surface area (Å²) in [5, 5.41) is 3.21. The van der Waals surface area contributed by atoms with Gasteiger partial charge in [0.2, 0.25) is 5.88 Å². The molecular weight excluding hydrogens is 280 g/mol. The van der Waals surface area contributed by atoms with Gasteiger partial charge in [-0.2, -0.15) is 4.98 Å².